The van der Waals surface area contributed by atoms with E-state index in [0.29, 0.717) is 24.3 Å². The molecule has 11 heteroatoms. The number of rotatable bonds is 5. The normalized spacial score (nSPS) is 18.3. The Morgan fingerprint density at radius 3 is 2.26 bits per heavy atom. The smallest absolute Gasteiger partial charge is 0.324 e. The number of carbonyl (C=O) groups excluding carboxylic acids is 2. The summed E-state index contributed by atoms with van der Waals surface area (Å²) in [6.45, 7) is 0.430. The fraction of sp³-hybridized carbons (Fsp3) is 0.391. The predicted molar refractivity (Wildman–Crippen MR) is 120 cm³/mol. The highest BCUT2D eigenvalue weighted by Gasteiger charge is 2.40. The van der Waals surface area contributed by atoms with Gasteiger partial charge in [0.15, 0.2) is 0 Å². The molecule has 2 aromatic carbocycles. The van der Waals surface area contributed by atoms with Crippen LogP contribution < -0.4 is 10.2 Å². The topological polar surface area (TPSA) is 86.8 Å². The summed E-state index contributed by atoms with van der Waals surface area (Å²) in [5.74, 6) is -0.835. The maximum absolute atomic E-state index is 13.3. The van der Waals surface area contributed by atoms with Crippen molar-refractivity contribution in [3.63, 3.8) is 0 Å². The van der Waals surface area contributed by atoms with Crippen molar-refractivity contribution in [2.24, 2.45) is 5.92 Å². The Morgan fingerprint density at radius 2 is 1.62 bits per heavy atom. The van der Waals surface area contributed by atoms with Gasteiger partial charge in [-0.25, -0.2) is 8.42 Å². The Balaban J connectivity index is 1.44. The highest BCUT2D eigenvalue weighted by atomic mass is 32.2. The number of sulfonamides is 1. The quantitative estimate of drug-likeness (QED) is 0.682. The summed E-state index contributed by atoms with van der Waals surface area (Å²) in [5, 5.41) is 2.84. The monoisotopic (exact) mass is 495 g/mol. The minimum atomic E-state index is -4.80. The number of anilines is 2. The van der Waals surface area contributed by atoms with E-state index in [-0.39, 0.29) is 37.7 Å². The average Bonchev–Trinajstić information content (AvgIpc) is 3.24. The maximum Gasteiger partial charge on any atom is 0.417 e. The molecule has 2 saturated heterocycles. The molecule has 2 amide bonds. The summed E-state index contributed by atoms with van der Waals surface area (Å²) in [4.78, 5) is 25.9. The van der Waals surface area contributed by atoms with Gasteiger partial charge in [-0.05, 0) is 43.5 Å². The van der Waals surface area contributed by atoms with Gasteiger partial charge in [0.2, 0.25) is 21.8 Å². The van der Waals surface area contributed by atoms with E-state index in [4.69, 9.17) is 0 Å². The summed E-state index contributed by atoms with van der Waals surface area (Å²) in [6.07, 6.45) is -3.27. The number of piperidine rings is 1. The molecule has 182 valence electrons. The first-order valence-electron chi connectivity index (χ1n) is 11.0. The SMILES string of the molecule is O=C(Nc1ccccc1N1CCCC1=O)C1CCN(S(=O)(=O)c2ccccc2C(F)(F)F)CC1. The lowest BCUT2D eigenvalue weighted by Gasteiger charge is -2.31. The van der Waals surface area contributed by atoms with Gasteiger partial charge in [0, 0.05) is 32.0 Å². The second-order valence-electron chi connectivity index (χ2n) is 8.33. The van der Waals surface area contributed by atoms with Crippen LogP contribution in [0.15, 0.2) is 53.4 Å². The Bertz CT molecular complexity index is 1190. The molecule has 34 heavy (non-hydrogen) atoms. The van der Waals surface area contributed by atoms with Gasteiger partial charge in [-0.3, -0.25) is 9.59 Å². The standard InChI is InChI=1S/C23H24F3N3O4S/c24-23(25,26)17-6-1-4-9-20(17)34(32,33)28-14-11-16(12-15-28)22(31)27-18-7-2-3-8-19(18)29-13-5-10-21(29)30/h1-4,6-9,16H,5,10-15H2,(H,27,31). The molecule has 2 aliphatic heterocycles. The first kappa shape index (κ1) is 24.2. The van der Waals surface area contributed by atoms with Gasteiger partial charge in [0.1, 0.15) is 0 Å². The fourth-order valence-corrected chi connectivity index (χ4v) is 6.06. The first-order valence-corrected chi connectivity index (χ1v) is 12.4. The minimum absolute atomic E-state index is 0.0145. The van der Waals surface area contributed by atoms with Crippen LogP contribution in [-0.2, 0) is 25.8 Å². The van der Waals surface area contributed by atoms with Crippen LogP contribution in [0.1, 0.15) is 31.2 Å². The van der Waals surface area contributed by atoms with Gasteiger partial charge >= 0.3 is 6.18 Å². The van der Waals surface area contributed by atoms with Crippen molar-refractivity contribution in [3.05, 3.63) is 54.1 Å². The summed E-state index contributed by atoms with van der Waals surface area (Å²) in [7, 11) is -4.37. The number of hydrogen-bond donors (Lipinski definition) is 1. The molecule has 0 aromatic heterocycles. The average molecular weight is 496 g/mol. The number of nitrogens with zero attached hydrogens (tertiary/aromatic N) is 2. The zero-order valence-electron chi connectivity index (χ0n) is 18.2. The van der Waals surface area contributed by atoms with Crippen molar-refractivity contribution in [3.8, 4) is 0 Å². The van der Waals surface area contributed by atoms with Crippen LogP contribution >= 0.6 is 0 Å². The fourth-order valence-electron chi connectivity index (χ4n) is 4.38. The Labute approximate surface area is 195 Å². The van der Waals surface area contributed by atoms with Gasteiger partial charge < -0.3 is 10.2 Å². The van der Waals surface area contributed by atoms with Crippen LogP contribution in [0, 0.1) is 5.92 Å². The molecule has 2 heterocycles. The summed E-state index contributed by atoms with van der Waals surface area (Å²) >= 11 is 0. The molecule has 0 aliphatic carbocycles. The van der Waals surface area contributed by atoms with Crippen LogP contribution in [0.4, 0.5) is 24.5 Å². The molecule has 2 aromatic rings. The number of benzene rings is 2. The number of carbonyl (C=O) groups is 2. The van der Waals surface area contributed by atoms with Crippen LogP contribution in [0.25, 0.3) is 0 Å². The molecule has 0 unspecified atom stereocenters. The molecule has 2 fully saturated rings. The third kappa shape index (κ3) is 4.80. The third-order valence-electron chi connectivity index (χ3n) is 6.16. The third-order valence-corrected chi connectivity index (χ3v) is 8.12. The lowest BCUT2D eigenvalue weighted by atomic mass is 9.97. The van der Waals surface area contributed by atoms with Gasteiger partial charge in [0.05, 0.1) is 21.8 Å². The number of para-hydroxylation sites is 2. The molecule has 7 nitrogen and oxygen atoms in total. The minimum Gasteiger partial charge on any atom is -0.324 e. The van der Waals surface area contributed by atoms with Crippen molar-refractivity contribution in [1.29, 1.82) is 0 Å². The number of halogens is 3. The maximum atomic E-state index is 13.3. The number of amides is 2. The molecular formula is C23H24F3N3O4S. The Morgan fingerprint density at radius 1 is 0.971 bits per heavy atom. The second kappa shape index (κ2) is 9.38. The van der Waals surface area contributed by atoms with Crippen LogP contribution in [-0.4, -0.2) is 44.2 Å². The molecule has 0 bridgehead atoms. The number of hydrogen-bond acceptors (Lipinski definition) is 4. The van der Waals surface area contributed by atoms with Crippen LogP contribution in [0.5, 0.6) is 0 Å². The van der Waals surface area contributed by atoms with E-state index < -0.39 is 32.6 Å². The zero-order valence-corrected chi connectivity index (χ0v) is 19.0. The predicted octanol–water partition coefficient (Wildman–Crippen LogP) is 3.87. The lowest BCUT2D eigenvalue weighted by Crippen LogP contribution is -2.42. The molecular weight excluding hydrogens is 471 g/mol. The van der Waals surface area contributed by atoms with Gasteiger partial charge in [-0.1, -0.05) is 24.3 Å². The molecule has 0 saturated carbocycles. The first-order chi connectivity index (χ1) is 16.1. The summed E-state index contributed by atoms with van der Waals surface area (Å²) in [5.41, 5.74) is -0.0954. The molecule has 1 N–H and O–H groups in total. The van der Waals surface area contributed by atoms with E-state index >= 15 is 0 Å². The summed E-state index contributed by atoms with van der Waals surface area (Å²) in [6, 6.07) is 11.1. The largest absolute Gasteiger partial charge is 0.417 e. The van der Waals surface area contributed by atoms with Gasteiger partial charge in [0.25, 0.3) is 0 Å². The lowest BCUT2D eigenvalue weighted by molar-refractivity contribution is -0.140. The Kier molecular flexibility index (Phi) is 6.68. The van der Waals surface area contributed by atoms with E-state index in [1.165, 1.54) is 6.07 Å². The van der Waals surface area contributed by atoms with Gasteiger partial charge in [-0.15, -0.1) is 0 Å². The molecule has 0 spiro atoms. The van der Waals surface area contributed by atoms with Crippen LogP contribution in [0.2, 0.25) is 0 Å². The van der Waals surface area contributed by atoms with Crippen molar-refractivity contribution in [2.45, 2.75) is 36.8 Å². The van der Waals surface area contributed by atoms with E-state index in [1.807, 2.05) is 0 Å². The second-order valence-corrected chi connectivity index (χ2v) is 10.2. The van der Waals surface area contributed by atoms with E-state index in [9.17, 15) is 31.2 Å². The zero-order chi connectivity index (χ0) is 24.5. The number of nitrogens with one attached hydrogen (secondary N) is 1. The van der Waals surface area contributed by atoms with Crippen molar-refractivity contribution in [2.75, 3.05) is 29.9 Å². The highest BCUT2D eigenvalue weighted by molar-refractivity contribution is 7.89. The van der Waals surface area contributed by atoms with Crippen molar-refractivity contribution < 1.29 is 31.2 Å². The number of alkyl halides is 3. The van der Waals surface area contributed by atoms with Gasteiger partial charge in [-0.2, -0.15) is 17.5 Å². The van der Waals surface area contributed by atoms with E-state index in [0.717, 1.165) is 28.9 Å². The highest BCUT2D eigenvalue weighted by Crippen LogP contribution is 2.36. The van der Waals surface area contributed by atoms with E-state index in [2.05, 4.69) is 5.32 Å². The molecule has 0 radical (unpaired) electrons. The van der Waals surface area contributed by atoms with Crippen molar-refractivity contribution >= 4 is 33.2 Å². The van der Waals surface area contributed by atoms with Crippen LogP contribution in [0.3, 0.4) is 0 Å². The van der Waals surface area contributed by atoms with E-state index in [1.54, 1.807) is 29.2 Å². The summed E-state index contributed by atoms with van der Waals surface area (Å²) < 4.78 is 66.9. The molecule has 4 rings (SSSR count). The van der Waals surface area contributed by atoms with Crippen molar-refractivity contribution in [1.82, 2.24) is 4.31 Å². The Hall–Kier alpha value is -2.92. The molecule has 0 atom stereocenters. The molecule has 2 aliphatic rings.